The van der Waals surface area contributed by atoms with Crippen molar-refractivity contribution in [3.8, 4) is 5.75 Å². The number of ether oxygens (including phenoxy) is 1. The predicted octanol–water partition coefficient (Wildman–Crippen LogP) is 4.29. The molecular weight excluding hydrogens is 434 g/mol. The number of carbonyl (C=O) groups is 1. The van der Waals surface area contributed by atoms with E-state index in [0.717, 1.165) is 23.1 Å². The van der Waals surface area contributed by atoms with Crippen LogP contribution < -0.4 is 10.1 Å². The zero-order valence-corrected chi connectivity index (χ0v) is 19.3. The number of benzene rings is 2. The molecular formula is C22H25N3O4S2. The number of anilines is 1. The molecule has 2 heterocycles. The summed E-state index contributed by atoms with van der Waals surface area (Å²) in [5.41, 5.74) is 2.13. The Kier molecular flexibility index (Phi) is 6.00. The molecule has 1 aliphatic heterocycles. The summed E-state index contributed by atoms with van der Waals surface area (Å²) < 4.78 is 33.6. The quantitative estimate of drug-likeness (QED) is 0.615. The van der Waals surface area contributed by atoms with Crippen molar-refractivity contribution in [1.29, 1.82) is 0 Å². The van der Waals surface area contributed by atoms with Crippen molar-refractivity contribution in [1.82, 2.24) is 9.29 Å². The molecule has 0 aliphatic carbocycles. The van der Waals surface area contributed by atoms with Crippen LogP contribution in [0.15, 0.2) is 41.3 Å². The van der Waals surface area contributed by atoms with Crippen LogP contribution >= 0.6 is 11.3 Å². The molecule has 1 amide bonds. The van der Waals surface area contributed by atoms with Gasteiger partial charge in [-0.1, -0.05) is 24.3 Å². The number of thiazole rings is 1. The highest BCUT2D eigenvalue weighted by Gasteiger charge is 2.28. The number of aromatic nitrogens is 1. The van der Waals surface area contributed by atoms with E-state index >= 15 is 0 Å². The molecule has 1 N–H and O–H groups in total. The Morgan fingerprint density at radius 2 is 1.97 bits per heavy atom. The molecule has 9 heteroatoms. The van der Waals surface area contributed by atoms with Gasteiger partial charge in [0.1, 0.15) is 11.3 Å². The van der Waals surface area contributed by atoms with Gasteiger partial charge in [-0.2, -0.15) is 4.31 Å². The average molecular weight is 460 g/mol. The minimum Gasteiger partial charge on any atom is -0.494 e. The Balaban J connectivity index is 1.52. The number of amides is 1. The fourth-order valence-electron chi connectivity index (χ4n) is 3.79. The van der Waals surface area contributed by atoms with Crippen LogP contribution in [-0.2, 0) is 10.0 Å². The van der Waals surface area contributed by atoms with E-state index in [-0.39, 0.29) is 10.8 Å². The van der Waals surface area contributed by atoms with E-state index in [1.807, 2.05) is 19.1 Å². The van der Waals surface area contributed by atoms with Gasteiger partial charge in [0, 0.05) is 18.7 Å². The Morgan fingerprint density at radius 3 is 2.65 bits per heavy atom. The topological polar surface area (TPSA) is 88.6 Å². The van der Waals surface area contributed by atoms with Crippen molar-refractivity contribution in [3.63, 3.8) is 0 Å². The number of fused-ring (bicyclic) bond motifs is 1. The summed E-state index contributed by atoms with van der Waals surface area (Å²) in [5.74, 6) is 0.662. The molecule has 1 fully saturated rings. The molecule has 164 valence electrons. The maximum atomic E-state index is 12.9. The second kappa shape index (κ2) is 8.57. The maximum absolute atomic E-state index is 12.9. The van der Waals surface area contributed by atoms with Crippen molar-refractivity contribution in [2.75, 3.05) is 25.5 Å². The minimum atomic E-state index is -3.55. The number of sulfonamides is 1. The van der Waals surface area contributed by atoms with E-state index in [1.165, 1.54) is 39.9 Å². The summed E-state index contributed by atoms with van der Waals surface area (Å²) >= 11 is 1.38. The molecule has 4 rings (SSSR count). The highest BCUT2D eigenvalue weighted by molar-refractivity contribution is 7.89. The number of hydrogen-bond acceptors (Lipinski definition) is 6. The third kappa shape index (κ3) is 4.30. The van der Waals surface area contributed by atoms with Crippen molar-refractivity contribution in [2.24, 2.45) is 5.92 Å². The monoisotopic (exact) mass is 459 g/mol. The molecule has 1 saturated heterocycles. The Hall–Kier alpha value is -2.49. The van der Waals surface area contributed by atoms with E-state index in [2.05, 4.69) is 17.2 Å². The number of nitrogens with one attached hydrogen (secondary N) is 1. The lowest BCUT2D eigenvalue weighted by Gasteiger charge is -2.30. The van der Waals surface area contributed by atoms with Gasteiger partial charge < -0.3 is 4.74 Å². The van der Waals surface area contributed by atoms with Gasteiger partial charge in [-0.25, -0.2) is 13.4 Å². The Morgan fingerprint density at radius 1 is 1.23 bits per heavy atom. The highest BCUT2D eigenvalue weighted by atomic mass is 32.2. The number of aryl methyl sites for hydroxylation is 1. The summed E-state index contributed by atoms with van der Waals surface area (Å²) in [5, 5.41) is 3.27. The summed E-state index contributed by atoms with van der Waals surface area (Å²) in [4.78, 5) is 17.4. The van der Waals surface area contributed by atoms with Crippen molar-refractivity contribution < 1.29 is 17.9 Å². The van der Waals surface area contributed by atoms with E-state index in [1.54, 1.807) is 7.11 Å². The van der Waals surface area contributed by atoms with Gasteiger partial charge in [-0.05, 0) is 61.6 Å². The summed E-state index contributed by atoms with van der Waals surface area (Å²) in [6.07, 6.45) is 1.91. The molecule has 3 aromatic rings. The SMILES string of the molecule is COc1ccc(C)c2sc(NC(=O)c3ccc(S(=O)(=O)N4CCCC(C)C4)cc3)nc12. The molecule has 0 bridgehead atoms. The third-order valence-electron chi connectivity index (χ3n) is 5.52. The Labute approximate surface area is 186 Å². The molecule has 2 aromatic carbocycles. The fourth-order valence-corrected chi connectivity index (χ4v) is 6.33. The number of methoxy groups -OCH3 is 1. The number of rotatable bonds is 5. The van der Waals surface area contributed by atoms with Crippen LogP contribution in [0.1, 0.15) is 35.7 Å². The van der Waals surface area contributed by atoms with Gasteiger partial charge in [-0.15, -0.1) is 0 Å². The molecule has 0 saturated carbocycles. The largest absolute Gasteiger partial charge is 0.494 e. The summed E-state index contributed by atoms with van der Waals surface area (Å²) in [6.45, 7) is 5.11. The van der Waals surface area contributed by atoms with Crippen molar-refractivity contribution >= 4 is 42.6 Å². The van der Waals surface area contributed by atoms with Gasteiger partial charge in [-0.3, -0.25) is 10.1 Å². The fraction of sp³-hybridized carbons (Fsp3) is 0.364. The molecule has 1 aliphatic rings. The maximum Gasteiger partial charge on any atom is 0.257 e. The first kappa shape index (κ1) is 21.7. The molecule has 1 unspecified atom stereocenters. The van der Waals surface area contributed by atoms with Crippen molar-refractivity contribution in [3.05, 3.63) is 47.5 Å². The number of nitrogens with zero attached hydrogens (tertiary/aromatic N) is 2. The predicted molar refractivity (Wildman–Crippen MR) is 122 cm³/mol. The van der Waals surface area contributed by atoms with E-state index < -0.39 is 10.0 Å². The molecule has 0 spiro atoms. The van der Waals surface area contributed by atoms with Gasteiger partial charge in [0.05, 0.1) is 16.7 Å². The molecule has 7 nitrogen and oxygen atoms in total. The van der Waals surface area contributed by atoms with Crippen LogP contribution in [0.25, 0.3) is 10.2 Å². The van der Waals surface area contributed by atoms with Gasteiger partial charge in [0.2, 0.25) is 10.0 Å². The van der Waals surface area contributed by atoms with Gasteiger partial charge >= 0.3 is 0 Å². The zero-order chi connectivity index (χ0) is 22.2. The molecule has 1 aromatic heterocycles. The van der Waals surface area contributed by atoms with Crippen LogP contribution in [0.2, 0.25) is 0 Å². The van der Waals surface area contributed by atoms with Crippen molar-refractivity contribution in [2.45, 2.75) is 31.6 Å². The highest BCUT2D eigenvalue weighted by Crippen LogP contribution is 2.35. The lowest BCUT2D eigenvalue weighted by atomic mass is 10.0. The van der Waals surface area contributed by atoms with Gasteiger partial charge in [0.15, 0.2) is 5.13 Å². The number of hydrogen-bond donors (Lipinski definition) is 1. The molecule has 1 atom stereocenters. The smallest absolute Gasteiger partial charge is 0.257 e. The van der Waals surface area contributed by atoms with Crippen LogP contribution in [0, 0.1) is 12.8 Å². The number of carbonyl (C=O) groups excluding carboxylic acids is 1. The normalized spacial score (nSPS) is 17.6. The number of piperidine rings is 1. The first-order chi connectivity index (χ1) is 14.8. The molecule has 0 radical (unpaired) electrons. The van der Waals surface area contributed by atoms with Crippen LogP contribution in [-0.4, -0.2) is 43.8 Å². The van der Waals surface area contributed by atoms with Crippen LogP contribution in [0.4, 0.5) is 5.13 Å². The van der Waals surface area contributed by atoms with Crippen LogP contribution in [0.5, 0.6) is 5.75 Å². The van der Waals surface area contributed by atoms with Gasteiger partial charge in [0.25, 0.3) is 5.91 Å². The summed E-state index contributed by atoms with van der Waals surface area (Å²) in [6, 6.07) is 9.87. The first-order valence-corrected chi connectivity index (χ1v) is 12.4. The third-order valence-corrected chi connectivity index (χ3v) is 8.50. The zero-order valence-electron chi connectivity index (χ0n) is 17.7. The summed E-state index contributed by atoms with van der Waals surface area (Å²) in [7, 11) is -1.96. The Bertz CT molecular complexity index is 1220. The van der Waals surface area contributed by atoms with E-state index in [0.29, 0.717) is 41.0 Å². The standard InChI is InChI=1S/C22H25N3O4S2/c1-14-5-4-12-25(13-14)31(27,28)17-9-7-16(8-10-17)21(26)24-22-23-19-18(29-3)11-6-15(2)20(19)30-22/h6-11,14H,4-5,12-13H2,1-3H3,(H,23,24,26). The lowest BCUT2D eigenvalue weighted by Crippen LogP contribution is -2.39. The van der Waals surface area contributed by atoms with E-state index in [9.17, 15) is 13.2 Å². The van der Waals surface area contributed by atoms with Crippen LogP contribution in [0.3, 0.4) is 0 Å². The lowest BCUT2D eigenvalue weighted by molar-refractivity contribution is 0.102. The second-order valence-electron chi connectivity index (χ2n) is 7.87. The minimum absolute atomic E-state index is 0.207. The van der Waals surface area contributed by atoms with E-state index in [4.69, 9.17) is 4.74 Å². The average Bonchev–Trinajstić information content (AvgIpc) is 3.18. The molecule has 31 heavy (non-hydrogen) atoms. The first-order valence-electron chi connectivity index (χ1n) is 10.2. The second-order valence-corrected chi connectivity index (χ2v) is 10.8.